The third-order valence-corrected chi connectivity index (χ3v) is 3.91. The lowest BCUT2D eigenvalue weighted by atomic mass is 9.74. The number of alkyl halides is 7. The number of carbonyl (C=O) groups is 1. The van der Waals surface area contributed by atoms with Gasteiger partial charge >= 0.3 is 18.7 Å². The molecule has 3 N–H and O–H groups in total. The number of aliphatic hydroxyl groups excluding tert-OH is 1. The summed E-state index contributed by atoms with van der Waals surface area (Å²) in [7, 11) is 0. The van der Waals surface area contributed by atoms with E-state index in [1.165, 1.54) is 0 Å². The van der Waals surface area contributed by atoms with E-state index in [0.29, 0.717) is 0 Å². The number of carbonyl (C=O) groups excluding carboxylic acids is 1. The first-order valence-corrected chi connectivity index (χ1v) is 7.54. The lowest BCUT2D eigenvalue weighted by molar-refractivity contribution is -0.112. The number of benzene rings is 1. The Morgan fingerprint density at radius 1 is 1.17 bits per heavy atom. The number of nitrogens with two attached hydrogens (primary N) is 1. The van der Waals surface area contributed by atoms with E-state index in [2.05, 4.69) is 4.74 Å². The predicted octanol–water partition coefficient (Wildman–Crippen LogP) is 3.21. The number of halogens is 7. The molecule has 0 saturated heterocycles. The van der Waals surface area contributed by atoms with Crippen LogP contribution in [0.25, 0.3) is 0 Å². The third-order valence-electron chi connectivity index (χ3n) is 3.91. The highest BCUT2D eigenvalue weighted by Crippen LogP contribution is 2.53. The number of allylic oxidation sites excluding steroid dienone is 1. The molecule has 29 heavy (non-hydrogen) atoms. The fourth-order valence-electron chi connectivity index (χ4n) is 2.69. The molecule has 0 bridgehead atoms. The maximum absolute atomic E-state index is 13.5. The monoisotopic (exact) mass is 423 g/mol. The number of hydrogen-bond donors (Lipinski definition) is 2. The van der Waals surface area contributed by atoms with Crippen LogP contribution in [0.2, 0.25) is 0 Å². The zero-order valence-corrected chi connectivity index (χ0v) is 13.8. The van der Waals surface area contributed by atoms with Crippen molar-refractivity contribution in [1.82, 2.24) is 0 Å². The van der Waals surface area contributed by atoms with E-state index in [9.17, 15) is 40.6 Å². The van der Waals surface area contributed by atoms with E-state index in [0.717, 1.165) is 18.2 Å². The molecule has 12 heteroatoms. The Balaban J connectivity index is 2.10. The molecule has 1 fully saturated rings. The first kappa shape index (κ1) is 20.5. The minimum absolute atomic E-state index is 0.439. The van der Waals surface area contributed by atoms with Crippen molar-refractivity contribution in [2.24, 2.45) is 5.73 Å². The molecule has 154 valence electrons. The number of ether oxygens (including phenoxy) is 2. The topological polar surface area (TPSA) is 81.8 Å². The maximum atomic E-state index is 13.5. The van der Waals surface area contributed by atoms with Gasteiger partial charge in [0.15, 0.2) is 5.76 Å². The van der Waals surface area contributed by atoms with Crippen molar-refractivity contribution in [1.29, 1.82) is 0 Å². The SMILES string of the molecule is NC(=O)c1cc(OC2=C=C=C3C(=C2C(F)(F)F)C(O)C3(F)F)cc(OC(F)F)c1. The van der Waals surface area contributed by atoms with Crippen LogP contribution in [0, 0.1) is 0 Å². The Bertz CT molecular complexity index is 1030. The lowest BCUT2D eigenvalue weighted by Crippen LogP contribution is -2.51. The summed E-state index contributed by atoms with van der Waals surface area (Å²) in [5.74, 6) is -7.51. The fourth-order valence-corrected chi connectivity index (χ4v) is 2.69. The highest BCUT2D eigenvalue weighted by atomic mass is 19.4. The molecule has 1 saturated carbocycles. The number of rotatable bonds is 5. The average Bonchev–Trinajstić information content (AvgIpc) is 2.58. The van der Waals surface area contributed by atoms with Gasteiger partial charge in [-0.05, 0) is 17.9 Å². The Labute approximate surface area is 156 Å². The zero-order valence-electron chi connectivity index (χ0n) is 13.8. The summed E-state index contributed by atoms with van der Waals surface area (Å²) in [6.45, 7) is -3.33. The van der Waals surface area contributed by atoms with Gasteiger partial charge in [0.25, 0.3) is 0 Å². The molecule has 1 atom stereocenters. The zero-order chi connectivity index (χ0) is 21.7. The van der Waals surface area contributed by atoms with E-state index in [1.807, 2.05) is 0 Å². The molecule has 3 rings (SSSR count). The van der Waals surface area contributed by atoms with Gasteiger partial charge in [0, 0.05) is 17.2 Å². The summed E-state index contributed by atoms with van der Waals surface area (Å²) < 4.78 is 101. The van der Waals surface area contributed by atoms with Gasteiger partial charge in [-0.3, -0.25) is 4.79 Å². The Kier molecular flexibility index (Phi) is 4.74. The molecule has 1 aromatic rings. The summed E-state index contributed by atoms with van der Waals surface area (Å²) >= 11 is 0. The molecule has 0 spiro atoms. The third kappa shape index (κ3) is 3.61. The van der Waals surface area contributed by atoms with Gasteiger partial charge in [-0.25, -0.2) is 0 Å². The molecule has 1 amide bonds. The lowest BCUT2D eigenvalue weighted by Gasteiger charge is -2.39. The smallest absolute Gasteiger partial charge is 0.421 e. The van der Waals surface area contributed by atoms with Crippen LogP contribution < -0.4 is 15.2 Å². The van der Waals surface area contributed by atoms with E-state index in [-0.39, 0.29) is 0 Å². The molecule has 5 nitrogen and oxygen atoms in total. The van der Waals surface area contributed by atoms with Crippen molar-refractivity contribution in [3.63, 3.8) is 0 Å². The standard InChI is InChI=1S/C17H8F7NO4/c18-15(19)29-8-4-6(14(25)27)3-7(5-8)28-10-2-1-9-11(12(10)17(22,23)24)13(26)16(9,20)21/h3-5,13,15,26H,(H2,25,27). The number of hydrogen-bond acceptors (Lipinski definition) is 4. The molecule has 0 aliphatic heterocycles. The second-order valence-electron chi connectivity index (χ2n) is 5.80. The van der Waals surface area contributed by atoms with E-state index < -0.39 is 70.3 Å². The van der Waals surface area contributed by atoms with Crippen molar-refractivity contribution in [3.05, 3.63) is 57.7 Å². The van der Waals surface area contributed by atoms with Crippen LogP contribution in [0.1, 0.15) is 10.4 Å². The largest absolute Gasteiger partial charge is 0.448 e. The molecule has 2 aliphatic carbocycles. The van der Waals surface area contributed by atoms with Crippen LogP contribution >= 0.6 is 0 Å². The van der Waals surface area contributed by atoms with Crippen molar-refractivity contribution in [3.8, 4) is 11.5 Å². The van der Waals surface area contributed by atoms with Crippen molar-refractivity contribution in [2.75, 3.05) is 0 Å². The predicted molar refractivity (Wildman–Crippen MR) is 80.3 cm³/mol. The normalized spacial score (nSPS) is 20.0. The van der Waals surface area contributed by atoms with Gasteiger partial charge in [-0.1, -0.05) is 5.73 Å². The van der Waals surface area contributed by atoms with Crippen LogP contribution in [0.15, 0.2) is 52.1 Å². The molecule has 1 aromatic carbocycles. The number of amides is 1. The molecule has 2 aliphatic rings. The van der Waals surface area contributed by atoms with E-state index in [1.54, 1.807) is 11.5 Å². The summed E-state index contributed by atoms with van der Waals surface area (Å²) in [5, 5.41) is 9.42. The summed E-state index contributed by atoms with van der Waals surface area (Å²) in [6.07, 6.45) is -8.00. The molecule has 0 radical (unpaired) electrons. The highest BCUT2D eigenvalue weighted by molar-refractivity contribution is 5.93. The van der Waals surface area contributed by atoms with Gasteiger partial charge in [0.1, 0.15) is 23.2 Å². The number of aliphatic hydroxyl groups is 1. The molecular weight excluding hydrogens is 415 g/mol. The Morgan fingerprint density at radius 2 is 1.79 bits per heavy atom. The average molecular weight is 423 g/mol. The molecule has 0 heterocycles. The second-order valence-corrected chi connectivity index (χ2v) is 5.80. The maximum Gasteiger partial charge on any atom is 0.421 e. The summed E-state index contributed by atoms with van der Waals surface area (Å²) in [6, 6.07) is 2.33. The number of primary amides is 1. The molecule has 1 unspecified atom stereocenters. The van der Waals surface area contributed by atoms with Gasteiger partial charge in [0.2, 0.25) is 5.91 Å². The van der Waals surface area contributed by atoms with Crippen LogP contribution in [0.5, 0.6) is 11.5 Å². The van der Waals surface area contributed by atoms with Crippen molar-refractivity contribution >= 4 is 5.91 Å². The van der Waals surface area contributed by atoms with E-state index in [4.69, 9.17) is 10.5 Å². The first-order chi connectivity index (χ1) is 13.3. The van der Waals surface area contributed by atoms with Crippen LogP contribution in [-0.2, 0) is 0 Å². The minimum Gasteiger partial charge on any atom is -0.448 e. The van der Waals surface area contributed by atoms with Crippen LogP contribution in [0.4, 0.5) is 30.7 Å². The minimum atomic E-state index is -5.24. The van der Waals surface area contributed by atoms with Crippen LogP contribution in [0.3, 0.4) is 0 Å². The Morgan fingerprint density at radius 3 is 2.34 bits per heavy atom. The van der Waals surface area contributed by atoms with Gasteiger partial charge < -0.3 is 20.3 Å². The second kappa shape index (κ2) is 6.70. The quantitative estimate of drug-likeness (QED) is 0.563. The highest BCUT2D eigenvalue weighted by Gasteiger charge is 2.62. The van der Waals surface area contributed by atoms with Gasteiger partial charge in [0.05, 0.1) is 5.57 Å². The number of fused-ring (bicyclic) bond motifs is 1. The summed E-state index contributed by atoms with van der Waals surface area (Å²) in [4.78, 5) is 11.3. The Hall–Kier alpha value is -3.20. The first-order valence-electron chi connectivity index (χ1n) is 7.54. The van der Waals surface area contributed by atoms with Crippen LogP contribution in [-0.4, -0.2) is 35.8 Å². The molecule has 0 aromatic heterocycles. The van der Waals surface area contributed by atoms with E-state index >= 15 is 0 Å². The van der Waals surface area contributed by atoms with Crippen molar-refractivity contribution < 1.29 is 50.1 Å². The van der Waals surface area contributed by atoms with Crippen molar-refractivity contribution in [2.45, 2.75) is 24.8 Å². The molecular formula is C17H8F7NO4. The summed E-state index contributed by atoms with van der Waals surface area (Å²) in [5.41, 5.74) is 4.06. The van der Waals surface area contributed by atoms with Gasteiger partial charge in [-0.15, -0.1) is 0 Å². The van der Waals surface area contributed by atoms with Gasteiger partial charge in [-0.2, -0.15) is 30.7 Å². The fraction of sp³-hybridized carbons (Fsp3) is 0.235.